The number of likely N-dealkylation sites (tertiary alicyclic amines) is 1. The van der Waals surface area contributed by atoms with Gasteiger partial charge >= 0.3 is 0 Å². The van der Waals surface area contributed by atoms with Gasteiger partial charge < -0.3 is 9.64 Å². The van der Waals surface area contributed by atoms with E-state index in [0.29, 0.717) is 0 Å². The largest absolute Gasteiger partial charge is 0.365 e. The van der Waals surface area contributed by atoms with E-state index in [2.05, 4.69) is 9.88 Å². The van der Waals surface area contributed by atoms with Crippen molar-refractivity contribution < 1.29 is 9.53 Å². The van der Waals surface area contributed by atoms with Crippen LogP contribution in [-0.2, 0) is 16.1 Å². The van der Waals surface area contributed by atoms with Crippen molar-refractivity contribution in [2.45, 2.75) is 18.7 Å². The SMILES string of the molecule is CN1C(=O)COC2CN(Cc3ccccn3)CC21. The van der Waals surface area contributed by atoms with Crippen LogP contribution in [0.15, 0.2) is 24.4 Å². The monoisotopic (exact) mass is 247 g/mol. The Bertz CT molecular complexity index is 437. The Labute approximate surface area is 106 Å². The fourth-order valence-electron chi connectivity index (χ4n) is 2.68. The summed E-state index contributed by atoms with van der Waals surface area (Å²) in [4.78, 5) is 20.0. The zero-order chi connectivity index (χ0) is 12.5. The van der Waals surface area contributed by atoms with E-state index in [1.165, 1.54) is 0 Å². The molecule has 2 saturated heterocycles. The highest BCUT2D eigenvalue weighted by Crippen LogP contribution is 2.23. The van der Waals surface area contributed by atoms with E-state index in [-0.39, 0.29) is 24.7 Å². The Hall–Kier alpha value is -1.46. The van der Waals surface area contributed by atoms with E-state index in [4.69, 9.17) is 4.74 Å². The number of likely N-dealkylation sites (N-methyl/N-ethyl adjacent to an activating group) is 1. The molecule has 2 fully saturated rings. The number of fused-ring (bicyclic) bond motifs is 1. The lowest BCUT2D eigenvalue weighted by atomic mass is 10.1. The Morgan fingerprint density at radius 2 is 2.33 bits per heavy atom. The van der Waals surface area contributed by atoms with Crippen molar-refractivity contribution in [1.29, 1.82) is 0 Å². The molecular formula is C13H17N3O2. The number of amides is 1. The predicted octanol–water partition coefficient (Wildman–Crippen LogP) is 0.123. The maximum atomic E-state index is 11.6. The summed E-state index contributed by atoms with van der Waals surface area (Å²) in [5.74, 6) is 0.0796. The van der Waals surface area contributed by atoms with Crippen LogP contribution in [0.1, 0.15) is 5.69 Å². The van der Waals surface area contributed by atoms with Crippen LogP contribution in [0, 0.1) is 0 Å². The van der Waals surface area contributed by atoms with Gasteiger partial charge in [0.2, 0.25) is 5.91 Å². The van der Waals surface area contributed by atoms with Crippen LogP contribution in [0.2, 0.25) is 0 Å². The minimum atomic E-state index is 0.0796. The molecule has 3 rings (SSSR count). The fourth-order valence-corrected chi connectivity index (χ4v) is 2.68. The van der Waals surface area contributed by atoms with Gasteiger partial charge in [0.1, 0.15) is 6.61 Å². The summed E-state index contributed by atoms with van der Waals surface area (Å²) in [5, 5.41) is 0. The maximum Gasteiger partial charge on any atom is 0.248 e. The summed E-state index contributed by atoms with van der Waals surface area (Å²) in [5.41, 5.74) is 1.06. The van der Waals surface area contributed by atoms with Crippen LogP contribution in [0.25, 0.3) is 0 Å². The minimum Gasteiger partial charge on any atom is -0.365 e. The second kappa shape index (κ2) is 4.66. The number of ether oxygens (including phenoxy) is 1. The Balaban J connectivity index is 1.66. The van der Waals surface area contributed by atoms with Crippen LogP contribution in [0.5, 0.6) is 0 Å². The summed E-state index contributed by atoms with van der Waals surface area (Å²) < 4.78 is 5.60. The molecule has 0 aliphatic carbocycles. The first-order valence-electron chi connectivity index (χ1n) is 6.23. The average Bonchev–Trinajstić information content (AvgIpc) is 2.79. The standard InChI is InChI=1S/C13H17N3O2/c1-15-11-7-16(6-10-4-2-3-5-14-10)8-12(11)18-9-13(15)17/h2-5,11-12H,6-9H2,1H3. The molecule has 2 atom stereocenters. The van der Waals surface area contributed by atoms with Gasteiger partial charge in [-0.25, -0.2) is 0 Å². The molecule has 2 aliphatic rings. The number of morpholine rings is 1. The lowest BCUT2D eigenvalue weighted by Crippen LogP contribution is -2.51. The van der Waals surface area contributed by atoms with E-state index in [1.54, 1.807) is 0 Å². The molecular weight excluding hydrogens is 230 g/mol. The molecule has 0 spiro atoms. The Morgan fingerprint density at radius 1 is 1.44 bits per heavy atom. The summed E-state index contributed by atoms with van der Waals surface area (Å²) in [6, 6.07) is 6.13. The molecule has 96 valence electrons. The number of aromatic nitrogens is 1. The molecule has 5 nitrogen and oxygen atoms in total. The quantitative estimate of drug-likeness (QED) is 0.745. The van der Waals surface area contributed by atoms with Crippen LogP contribution >= 0.6 is 0 Å². The number of carbonyl (C=O) groups is 1. The van der Waals surface area contributed by atoms with E-state index < -0.39 is 0 Å². The highest BCUT2D eigenvalue weighted by molar-refractivity contribution is 5.78. The van der Waals surface area contributed by atoms with Gasteiger partial charge in [0.15, 0.2) is 0 Å². The molecule has 0 radical (unpaired) electrons. The van der Waals surface area contributed by atoms with Gasteiger partial charge in [0.05, 0.1) is 17.8 Å². The normalized spacial score (nSPS) is 28.5. The third kappa shape index (κ3) is 2.11. The summed E-state index contributed by atoms with van der Waals surface area (Å²) in [6.45, 7) is 2.77. The molecule has 1 aromatic rings. The first-order valence-corrected chi connectivity index (χ1v) is 6.23. The van der Waals surface area contributed by atoms with Crippen molar-refractivity contribution in [1.82, 2.24) is 14.8 Å². The molecule has 1 aromatic heterocycles. The van der Waals surface area contributed by atoms with Crippen LogP contribution in [-0.4, -0.2) is 59.6 Å². The average molecular weight is 247 g/mol. The zero-order valence-corrected chi connectivity index (χ0v) is 10.5. The van der Waals surface area contributed by atoms with Gasteiger partial charge in [0, 0.05) is 32.9 Å². The predicted molar refractivity (Wildman–Crippen MR) is 65.8 cm³/mol. The van der Waals surface area contributed by atoms with Crippen LogP contribution in [0.3, 0.4) is 0 Å². The van der Waals surface area contributed by atoms with Crippen molar-refractivity contribution in [2.24, 2.45) is 0 Å². The second-order valence-electron chi connectivity index (χ2n) is 4.94. The molecule has 2 aliphatic heterocycles. The molecule has 0 saturated carbocycles. The van der Waals surface area contributed by atoms with Crippen molar-refractivity contribution in [3.05, 3.63) is 30.1 Å². The number of hydrogen-bond acceptors (Lipinski definition) is 4. The molecule has 0 bridgehead atoms. The second-order valence-corrected chi connectivity index (χ2v) is 4.94. The maximum absolute atomic E-state index is 11.6. The zero-order valence-electron chi connectivity index (χ0n) is 10.5. The highest BCUT2D eigenvalue weighted by Gasteiger charge is 2.41. The van der Waals surface area contributed by atoms with E-state index in [9.17, 15) is 4.79 Å². The Kier molecular flexibility index (Phi) is 3.01. The smallest absolute Gasteiger partial charge is 0.248 e. The van der Waals surface area contributed by atoms with Gasteiger partial charge in [-0.3, -0.25) is 14.7 Å². The summed E-state index contributed by atoms with van der Waals surface area (Å²) in [7, 11) is 1.87. The molecule has 18 heavy (non-hydrogen) atoms. The third-order valence-electron chi connectivity index (χ3n) is 3.74. The van der Waals surface area contributed by atoms with Crippen molar-refractivity contribution in [3.63, 3.8) is 0 Å². The topological polar surface area (TPSA) is 45.7 Å². The molecule has 2 unspecified atom stereocenters. The first kappa shape index (κ1) is 11.6. The minimum absolute atomic E-state index is 0.0796. The van der Waals surface area contributed by atoms with Gasteiger partial charge in [0.25, 0.3) is 0 Å². The molecule has 1 amide bonds. The lowest BCUT2D eigenvalue weighted by Gasteiger charge is -2.33. The number of rotatable bonds is 2. The fraction of sp³-hybridized carbons (Fsp3) is 0.538. The van der Waals surface area contributed by atoms with E-state index >= 15 is 0 Å². The lowest BCUT2D eigenvalue weighted by molar-refractivity contribution is -0.150. The van der Waals surface area contributed by atoms with Gasteiger partial charge in [-0.1, -0.05) is 6.07 Å². The number of carbonyl (C=O) groups excluding carboxylic acids is 1. The van der Waals surface area contributed by atoms with Crippen molar-refractivity contribution in [3.8, 4) is 0 Å². The number of pyridine rings is 1. The van der Waals surface area contributed by atoms with Gasteiger partial charge in [-0.05, 0) is 12.1 Å². The van der Waals surface area contributed by atoms with Gasteiger partial charge in [-0.2, -0.15) is 0 Å². The molecule has 0 N–H and O–H groups in total. The van der Waals surface area contributed by atoms with Crippen molar-refractivity contribution >= 4 is 5.91 Å². The summed E-state index contributed by atoms with van der Waals surface area (Å²) >= 11 is 0. The molecule has 3 heterocycles. The van der Waals surface area contributed by atoms with Crippen LogP contribution < -0.4 is 0 Å². The van der Waals surface area contributed by atoms with E-state index in [0.717, 1.165) is 25.3 Å². The first-order chi connectivity index (χ1) is 8.74. The van der Waals surface area contributed by atoms with Crippen molar-refractivity contribution in [2.75, 3.05) is 26.7 Å². The number of hydrogen-bond donors (Lipinski definition) is 0. The third-order valence-corrected chi connectivity index (χ3v) is 3.74. The number of nitrogens with zero attached hydrogens (tertiary/aromatic N) is 3. The molecule has 0 aromatic carbocycles. The van der Waals surface area contributed by atoms with E-state index in [1.807, 2.05) is 36.3 Å². The molecule has 5 heteroatoms. The summed E-state index contributed by atoms with van der Waals surface area (Å²) in [6.07, 6.45) is 1.96. The Morgan fingerprint density at radius 3 is 3.11 bits per heavy atom. The highest BCUT2D eigenvalue weighted by atomic mass is 16.5. The van der Waals surface area contributed by atoms with Gasteiger partial charge in [-0.15, -0.1) is 0 Å². The van der Waals surface area contributed by atoms with Crippen LogP contribution in [0.4, 0.5) is 0 Å².